The molecule has 2 fully saturated rings. The lowest BCUT2D eigenvalue weighted by Gasteiger charge is -2.38. The normalized spacial score (nSPS) is 22.7. The summed E-state index contributed by atoms with van der Waals surface area (Å²) < 4.78 is 131. The van der Waals surface area contributed by atoms with Crippen molar-refractivity contribution in [1.82, 2.24) is 0 Å². The van der Waals surface area contributed by atoms with E-state index in [0.29, 0.717) is 18.1 Å². The van der Waals surface area contributed by atoms with Crippen LogP contribution < -0.4 is 4.74 Å². The van der Waals surface area contributed by atoms with Crippen molar-refractivity contribution >= 4 is 0 Å². The van der Waals surface area contributed by atoms with Crippen LogP contribution in [0.15, 0.2) is 60.7 Å². The van der Waals surface area contributed by atoms with E-state index in [-0.39, 0.29) is 22.4 Å². The summed E-state index contributed by atoms with van der Waals surface area (Å²) in [7, 11) is 0. The van der Waals surface area contributed by atoms with Crippen molar-refractivity contribution in [2.45, 2.75) is 95.6 Å². The van der Waals surface area contributed by atoms with E-state index in [4.69, 9.17) is 4.74 Å². The van der Waals surface area contributed by atoms with Crippen molar-refractivity contribution in [2.24, 2.45) is 17.8 Å². The maximum atomic E-state index is 15.1. The van der Waals surface area contributed by atoms with E-state index in [2.05, 4.69) is 11.7 Å². The second-order valence-electron chi connectivity index (χ2n) is 12.8. The van der Waals surface area contributed by atoms with Crippen LogP contribution in [0.5, 0.6) is 5.75 Å². The van der Waals surface area contributed by atoms with Gasteiger partial charge in [0.05, 0.1) is 5.56 Å². The van der Waals surface area contributed by atoms with Gasteiger partial charge in [0.2, 0.25) is 0 Å². The highest BCUT2D eigenvalue weighted by Crippen LogP contribution is 2.45. The minimum atomic E-state index is -5.85. The molecule has 0 amide bonds. The van der Waals surface area contributed by atoms with Crippen molar-refractivity contribution in [1.29, 1.82) is 0 Å². The second-order valence-corrected chi connectivity index (χ2v) is 12.8. The number of halogens is 9. The summed E-state index contributed by atoms with van der Waals surface area (Å²) in [6.07, 6.45) is -2.58. The summed E-state index contributed by atoms with van der Waals surface area (Å²) in [6.45, 7) is 2.25. The SMILES string of the molecule is CCCC1CCC(C2CCC(c3ccc(C(F)(F)Oc4ccc(-c5cc(F)c(C(F)(F)OC(F)(F)F)c(F)c5)cc4)cc3)CC2)CC1. The molecule has 2 nitrogen and oxygen atoms in total. The zero-order valence-corrected chi connectivity index (χ0v) is 25.9. The minimum Gasteiger partial charge on any atom is -0.429 e. The van der Waals surface area contributed by atoms with E-state index in [1.54, 1.807) is 12.1 Å². The zero-order valence-electron chi connectivity index (χ0n) is 25.9. The third-order valence-corrected chi connectivity index (χ3v) is 9.76. The fourth-order valence-corrected chi connectivity index (χ4v) is 7.37. The Balaban J connectivity index is 1.18. The van der Waals surface area contributed by atoms with Crippen LogP contribution >= 0.6 is 0 Å². The molecule has 0 unspecified atom stereocenters. The minimum absolute atomic E-state index is 0.00770. The molecule has 0 aromatic heterocycles. The maximum absolute atomic E-state index is 15.1. The Labute approximate surface area is 268 Å². The van der Waals surface area contributed by atoms with Gasteiger partial charge in [0.25, 0.3) is 0 Å². The molecular formula is C36H37F9O2. The standard InChI is InChI=1S/C36H37F9O2/c1-2-3-22-4-6-23(7-5-22)24-8-10-25(11-9-24)26-12-16-29(17-13-26)34(39,40)46-30-18-14-27(15-19-30)28-20-31(37)33(32(38)21-28)35(41,42)47-36(43,44)45/h12-25H,2-11H2,1H3. The number of benzene rings is 3. The van der Waals surface area contributed by atoms with Crippen LogP contribution in [0.25, 0.3) is 11.1 Å². The molecule has 3 aromatic carbocycles. The lowest BCUT2D eigenvalue weighted by Crippen LogP contribution is -2.29. The van der Waals surface area contributed by atoms with Crippen molar-refractivity contribution in [3.05, 3.63) is 89.0 Å². The fourth-order valence-electron chi connectivity index (χ4n) is 7.37. The third kappa shape index (κ3) is 8.64. The number of hydrogen-bond donors (Lipinski definition) is 0. The first-order valence-electron chi connectivity index (χ1n) is 16.1. The quantitative estimate of drug-likeness (QED) is 0.200. The van der Waals surface area contributed by atoms with Crippen molar-refractivity contribution in [2.75, 3.05) is 0 Å². The summed E-state index contributed by atoms with van der Waals surface area (Å²) in [5, 5.41) is 0. The molecule has 5 rings (SSSR count). The van der Waals surface area contributed by atoms with Gasteiger partial charge in [-0.1, -0.05) is 56.9 Å². The van der Waals surface area contributed by atoms with E-state index >= 15 is 8.78 Å². The highest BCUT2D eigenvalue weighted by atomic mass is 19.4. The van der Waals surface area contributed by atoms with Crippen LogP contribution in [0, 0.1) is 29.4 Å². The van der Waals surface area contributed by atoms with E-state index in [1.165, 1.54) is 50.7 Å². The third-order valence-electron chi connectivity index (χ3n) is 9.76. The van der Waals surface area contributed by atoms with Crippen LogP contribution in [0.3, 0.4) is 0 Å². The molecule has 0 bridgehead atoms. The van der Waals surface area contributed by atoms with Gasteiger partial charge in [-0.25, -0.2) is 13.5 Å². The average molecular weight is 673 g/mol. The van der Waals surface area contributed by atoms with Crippen LogP contribution in [-0.4, -0.2) is 6.36 Å². The molecule has 47 heavy (non-hydrogen) atoms. The Morgan fingerprint density at radius 1 is 0.638 bits per heavy atom. The van der Waals surface area contributed by atoms with Gasteiger partial charge in [-0.15, -0.1) is 13.2 Å². The molecule has 2 aliphatic carbocycles. The number of rotatable bonds is 10. The largest absolute Gasteiger partial charge is 0.527 e. The van der Waals surface area contributed by atoms with Crippen molar-refractivity contribution < 1.29 is 49.0 Å². The van der Waals surface area contributed by atoms with Crippen LogP contribution in [0.1, 0.15) is 93.7 Å². The number of hydrogen-bond acceptors (Lipinski definition) is 2. The molecule has 0 aliphatic heterocycles. The first-order valence-corrected chi connectivity index (χ1v) is 16.1. The highest BCUT2D eigenvalue weighted by molar-refractivity contribution is 5.65. The summed E-state index contributed by atoms with van der Waals surface area (Å²) in [5.41, 5.74) is -1.87. The Kier molecular flexibility index (Phi) is 10.5. The predicted octanol–water partition coefficient (Wildman–Crippen LogP) is 12.2. The lowest BCUT2D eigenvalue weighted by atomic mass is 9.68. The molecule has 0 spiro atoms. The summed E-state index contributed by atoms with van der Waals surface area (Å²) in [4.78, 5) is 0. The molecular weight excluding hydrogens is 635 g/mol. The summed E-state index contributed by atoms with van der Waals surface area (Å²) in [6, 6.07) is 11.4. The van der Waals surface area contributed by atoms with Gasteiger partial charge in [0.1, 0.15) is 22.9 Å². The molecule has 0 atom stereocenters. The van der Waals surface area contributed by atoms with Gasteiger partial charge >= 0.3 is 18.6 Å². The molecule has 0 radical (unpaired) electrons. The average Bonchev–Trinajstić information content (AvgIpc) is 3.00. The molecule has 11 heteroatoms. The fraction of sp³-hybridized carbons (Fsp3) is 0.500. The zero-order chi connectivity index (χ0) is 34.0. The Morgan fingerprint density at radius 2 is 1.17 bits per heavy atom. The molecule has 2 saturated carbocycles. The van der Waals surface area contributed by atoms with Gasteiger partial charge in [0.15, 0.2) is 0 Å². The van der Waals surface area contributed by atoms with E-state index in [0.717, 1.165) is 73.3 Å². The summed E-state index contributed by atoms with van der Waals surface area (Å²) >= 11 is 0. The molecule has 2 aliphatic rings. The van der Waals surface area contributed by atoms with E-state index < -0.39 is 35.8 Å². The lowest BCUT2D eigenvalue weighted by molar-refractivity contribution is -0.432. The van der Waals surface area contributed by atoms with Gasteiger partial charge in [-0.05, 0) is 115 Å². The first kappa shape index (κ1) is 35.1. The number of ether oxygens (including phenoxy) is 2. The molecule has 0 N–H and O–H groups in total. The summed E-state index contributed by atoms with van der Waals surface area (Å²) in [5.74, 6) is -1.49. The van der Waals surface area contributed by atoms with Gasteiger partial charge in [0, 0.05) is 0 Å². The molecule has 3 aromatic rings. The Morgan fingerprint density at radius 3 is 1.68 bits per heavy atom. The topological polar surface area (TPSA) is 18.5 Å². The van der Waals surface area contributed by atoms with Crippen molar-refractivity contribution in [3.8, 4) is 16.9 Å². The van der Waals surface area contributed by atoms with Crippen LogP contribution in [0.4, 0.5) is 39.5 Å². The maximum Gasteiger partial charge on any atom is 0.527 e. The number of alkyl halides is 7. The second kappa shape index (κ2) is 14.1. The molecule has 0 heterocycles. The molecule has 0 saturated heterocycles. The van der Waals surface area contributed by atoms with Gasteiger partial charge in [-0.3, -0.25) is 0 Å². The van der Waals surface area contributed by atoms with Gasteiger partial charge < -0.3 is 4.74 Å². The van der Waals surface area contributed by atoms with E-state index in [1.807, 2.05) is 0 Å². The van der Waals surface area contributed by atoms with Crippen LogP contribution in [0.2, 0.25) is 0 Å². The first-order chi connectivity index (χ1) is 22.1. The highest BCUT2D eigenvalue weighted by Gasteiger charge is 2.49. The monoisotopic (exact) mass is 672 g/mol. The van der Waals surface area contributed by atoms with Crippen molar-refractivity contribution in [3.63, 3.8) is 0 Å². The van der Waals surface area contributed by atoms with E-state index in [9.17, 15) is 30.7 Å². The van der Waals surface area contributed by atoms with Gasteiger partial charge in [-0.2, -0.15) is 17.6 Å². The Hall–Kier alpha value is -3.21. The van der Waals surface area contributed by atoms with Crippen LogP contribution in [-0.2, 0) is 17.0 Å². The Bertz CT molecular complexity index is 1450. The predicted molar refractivity (Wildman–Crippen MR) is 159 cm³/mol. The smallest absolute Gasteiger partial charge is 0.429 e. The molecule has 256 valence electrons.